The van der Waals surface area contributed by atoms with Gasteiger partial charge in [0.1, 0.15) is 0 Å². The number of benzene rings is 2. The molecule has 3 fully saturated rings. The van der Waals surface area contributed by atoms with Crippen molar-refractivity contribution in [3.05, 3.63) is 71.8 Å². The van der Waals surface area contributed by atoms with Gasteiger partial charge in [-0.3, -0.25) is 0 Å². The van der Waals surface area contributed by atoms with E-state index in [0.717, 1.165) is 88.9 Å². The quantitative estimate of drug-likeness (QED) is 0.396. The second kappa shape index (κ2) is 22.5. The van der Waals surface area contributed by atoms with Crippen LogP contribution in [0.5, 0.6) is 0 Å². The van der Waals surface area contributed by atoms with Crippen LogP contribution in [-0.2, 0) is 40.7 Å². The van der Waals surface area contributed by atoms with E-state index in [1.54, 1.807) is 0 Å². The maximum atomic E-state index is 6.17. The molecule has 0 atom stereocenters. The lowest BCUT2D eigenvalue weighted by molar-refractivity contribution is -0.001000. The van der Waals surface area contributed by atoms with E-state index in [2.05, 4.69) is 60.7 Å². The minimum atomic E-state index is -1.41. The highest BCUT2D eigenvalue weighted by molar-refractivity contribution is 7.75. The van der Waals surface area contributed by atoms with Gasteiger partial charge in [0.15, 0.2) is 0 Å². The molecule has 6 nitrogen and oxygen atoms in total. The van der Waals surface area contributed by atoms with E-state index in [-0.39, 0.29) is 34.0 Å². The SMILES string of the molecule is [Br-].[Br-].c1ccc(C[P+]23CCOCCOCC[P+](Cc4ccccc4)(CCOCCOCC2)CCOCCOCC3)cc1. The Morgan fingerprint density at radius 1 is 0.357 bits per heavy atom. The van der Waals surface area contributed by atoms with Crippen molar-refractivity contribution >= 4 is 14.5 Å². The maximum absolute atomic E-state index is 6.17. The van der Waals surface area contributed by atoms with Gasteiger partial charge in [-0.15, -0.1) is 0 Å². The molecule has 3 aliphatic rings. The van der Waals surface area contributed by atoms with Gasteiger partial charge in [0.2, 0.25) is 0 Å². The fourth-order valence-electron chi connectivity index (χ4n) is 5.60. The molecule has 0 radical (unpaired) electrons. The third kappa shape index (κ3) is 14.4. The minimum Gasteiger partial charge on any atom is -1.00 e. The van der Waals surface area contributed by atoms with Crippen molar-refractivity contribution in [2.75, 3.05) is 116 Å². The Labute approximate surface area is 276 Å². The average Bonchev–Trinajstić information content (AvgIpc) is 2.97. The van der Waals surface area contributed by atoms with Crippen molar-refractivity contribution in [2.45, 2.75) is 12.3 Å². The van der Waals surface area contributed by atoms with Crippen molar-refractivity contribution in [2.24, 2.45) is 0 Å². The molecule has 238 valence electrons. The van der Waals surface area contributed by atoms with Gasteiger partial charge in [0.25, 0.3) is 0 Å². The van der Waals surface area contributed by atoms with E-state index < -0.39 is 14.5 Å². The first kappa shape index (κ1) is 38.2. The lowest BCUT2D eigenvalue weighted by atomic mass is 10.2. The highest BCUT2D eigenvalue weighted by Crippen LogP contribution is 2.62. The molecule has 0 spiro atoms. The Balaban J connectivity index is 0.00000308. The van der Waals surface area contributed by atoms with E-state index in [4.69, 9.17) is 28.4 Å². The first-order valence-corrected chi connectivity index (χ1v) is 20.1. The number of hydrogen-bond donors (Lipinski definition) is 0. The first-order valence-electron chi connectivity index (χ1n) is 15.0. The van der Waals surface area contributed by atoms with Gasteiger partial charge in [-0.2, -0.15) is 0 Å². The van der Waals surface area contributed by atoms with Crippen molar-refractivity contribution in [3.63, 3.8) is 0 Å². The second-order valence-electron chi connectivity index (χ2n) is 11.0. The third-order valence-electron chi connectivity index (χ3n) is 8.10. The molecule has 2 aromatic carbocycles. The average molecular weight is 753 g/mol. The smallest absolute Gasteiger partial charge is 0.0845 e. The van der Waals surface area contributed by atoms with E-state index >= 15 is 0 Å². The van der Waals surface area contributed by atoms with Gasteiger partial charge in [0.05, 0.1) is 129 Å². The Bertz CT molecular complexity index is 799. The normalized spacial score (nSPS) is 26.2. The van der Waals surface area contributed by atoms with Gasteiger partial charge in [-0.1, -0.05) is 60.7 Å². The molecule has 0 aromatic heterocycles. The predicted octanol–water partition coefficient (Wildman–Crippen LogP) is -0.443. The number of ether oxygens (including phenoxy) is 6. The first-order chi connectivity index (χ1) is 19.8. The Kier molecular flexibility index (Phi) is 20.5. The molecule has 2 bridgehead atoms. The van der Waals surface area contributed by atoms with Gasteiger partial charge < -0.3 is 62.4 Å². The molecule has 5 rings (SSSR count). The molecule has 0 unspecified atom stereocenters. The third-order valence-corrected chi connectivity index (χ3v) is 17.0. The van der Waals surface area contributed by atoms with Crippen LogP contribution in [0, 0.1) is 0 Å². The molecule has 10 heteroatoms. The summed E-state index contributed by atoms with van der Waals surface area (Å²) in [6.07, 6.45) is 8.66. The van der Waals surface area contributed by atoms with E-state index in [0.29, 0.717) is 39.6 Å². The summed E-state index contributed by atoms with van der Waals surface area (Å²) in [5.41, 5.74) is 2.80. The van der Waals surface area contributed by atoms with Crippen molar-refractivity contribution < 1.29 is 62.4 Å². The summed E-state index contributed by atoms with van der Waals surface area (Å²) in [7, 11) is -2.81. The van der Waals surface area contributed by atoms with Gasteiger partial charge in [-0.05, 0) is 11.1 Å². The molecule has 42 heavy (non-hydrogen) atoms. The summed E-state index contributed by atoms with van der Waals surface area (Å²) in [6.45, 7) is 8.48. The zero-order valence-corrected chi connectivity index (χ0v) is 30.0. The molecule has 3 saturated heterocycles. The molecular weight excluding hydrogens is 702 g/mol. The van der Waals surface area contributed by atoms with Crippen molar-refractivity contribution in [1.82, 2.24) is 0 Å². The summed E-state index contributed by atoms with van der Waals surface area (Å²) in [5, 5.41) is 0. The van der Waals surface area contributed by atoms with Crippen LogP contribution in [0.1, 0.15) is 11.1 Å². The lowest BCUT2D eigenvalue weighted by Crippen LogP contribution is -3.00. The summed E-state index contributed by atoms with van der Waals surface area (Å²) in [5.74, 6) is 0. The van der Waals surface area contributed by atoms with Crippen LogP contribution < -0.4 is 34.0 Å². The van der Waals surface area contributed by atoms with E-state index in [9.17, 15) is 0 Å². The minimum absolute atomic E-state index is 0. The highest BCUT2D eigenvalue weighted by atomic mass is 79.9. The molecule has 2 aromatic rings. The Morgan fingerprint density at radius 3 is 0.833 bits per heavy atom. The predicted molar refractivity (Wildman–Crippen MR) is 168 cm³/mol. The fourth-order valence-corrected chi connectivity index (χ4v) is 13.0. The molecule has 0 saturated carbocycles. The molecule has 0 N–H and O–H groups in total. The highest BCUT2D eigenvalue weighted by Gasteiger charge is 2.38. The van der Waals surface area contributed by atoms with Crippen molar-refractivity contribution in [3.8, 4) is 0 Å². The van der Waals surface area contributed by atoms with Crippen LogP contribution in [0.2, 0.25) is 0 Å². The molecule has 0 amide bonds. The monoisotopic (exact) mass is 750 g/mol. The van der Waals surface area contributed by atoms with Gasteiger partial charge >= 0.3 is 0 Å². The number of fused-ring (bicyclic) bond motifs is 21. The Morgan fingerprint density at radius 2 is 0.595 bits per heavy atom. The Hall–Kier alpha value is 0.0200. The maximum Gasteiger partial charge on any atom is 0.0845 e. The van der Waals surface area contributed by atoms with Crippen LogP contribution in [0.4, 0.5) is 0 Å². The zero-order chi connectivity index (χ0) is 27.6. The summed E-state index contributed by atoms with van der Waals surface area (Å²) >= 11 is 0. The zero-order valence-electron chi connectivity index (χ0n) is 25.0. The van der Waals surface area contributed by atoms with Gasteiger partial charge in [-0.25, -0.2) is 0 Å². The van der Waals surface area contributed by atoms with Crippen molar-refractivity contribution in [1.29, 1.82) is 0 Å². The largest absolute Gasteiger partial charge is 1.00 e. The fraction of sp³-hybridized carbons (Fsp3) is 0.625. The van der Waals surface area contributed by atoms with Crippen LogP contribution >= 0.6 is 14.5 Å². The number of rotatable bonds is 4. The van der Waals surface area contributed by atoms with E-state index in [1.165, 1.54) is 11.1 Å². The number of halogens is 2. The standard InChI is InChI=1S/C32H50O6P2.2BrH/c1-3-7-31(8-4-1)29-39-23-17-33-11-14-36-20-26-40(30-32-9-5-2-6-10-32,27-21-37-15-12-34-18-24-39)28-22-38-16-13-35-19-25-39;;/h1-10H,11-30H2;2*1H/q+2;;/p-2. The topological polar surface area (TPSA) is 55.4 Å². The molecule has 3 heterocycles. The lowest BCUT2D eigenvalue weighted by Gasteiger charge is -2.29. The second-order valence-corrected chi connectivity index (χ2v) is 19.7. The molecule has 3 aliphatic heterocycles. The molecule has 0 aliphatic carbocycles. The van der Waals surface area contributed by atoms with Crippen LogP contribution in [0.15, 0.2) is 60.7 Å². The van der Waals surface area contributed by atoms with Crippen LogP contribution in [0.3, 0.4) is 0 Å². The van der Waals surface area contributed by atoms with Crippen LogP contribution in [-0.4, -0.2) is 116 Å². The summed E-state index contributed by atoms with van der Waals surface area (Å²) in [4.78, 5) is 0. The molecular formula is C32H50Br2O6P2. The number of hydrogen-bond acceptors (Lipinski definition) is 6. The van der Waals surface area contributed by atoms with E-state index in [1.807, 2.05) is 0 Å². The van der Waals surface area contributed by atoms with Gasteiger partial charge in [0, 0.05) is 14.5 Å². The summed E-state index contributed by atoms with van der Waals surface area (Å²) < 4.78 is 37.0. The van der Waals surface area contributed by atoms with Crippen LogP contribution in [0.25, 0.3) is 0 Å². The summed E-state index contributed by atoms with van der Waals surface area (Å²) in [6, 6.07) is 21.8.